The van der Waals surface area contributed by atoms with Gasteiger partial charge in [0.25, 0.3) is 0 Å². The quantitative estimate of drug-likeness (QED) is 0.173. The number of rotatable bonds is 11. The maximum atomic E-state index is 5.76. The Morgan fingerprint density at radius 2 is 2.03 bits per heavy atom. The molecule has 0 bridgehead atoms. The van der Waals surface area contributed by atoms with Gasteiger partial charge in [0, 0.05) is 31.1 Å². The van der Waals surface area contributed by atoms with Crippen LogP contribution in [0.5, 0.6) is 5.75 Å². The molecule has 1 unspecified atom stereocenters. The van der Waals surface area contributed by atoms with Crippen LogP contribution < -0.4 is 15.4 Å². The minimum absolute atomic E-state index is 0. The molecule has 2 heterocycles. The van der Waals surface area contributed by atoms with Gasteiger partial charge in [-0.05, 0) is 76.4 Å². The summed E-state index contributed by atoms with van der Waals surface area (Å²) < 4.78 is 17.1. The first-order valence-corrected chi connectivity index (χ1v) is 11.5. The molecule has 33 heavy (non-hydrogen) atoms. The number of anilines is 1. The van der Waals surface area contributed by atoms with Gasteiger partial charge in [0.15, 0.2) is 5.96 Å². The molecule has 1 aromatic carbocycles. The van der Waals surface area contributed by atoms with Gasteiger partial charge in [0.1, 0.15) is 5.75 Å². The van der Waals surface area contributed by atoms with Crippen LogP contribution in [0.25, 0.3) is 0 Å². The van der Waals surface area contributed by atoms with Crippen LogP contribution in [-0.4, -0.2) is 49.5 Å². The van der Waals surface area contributed by atoms with Crippen LogP contribution in [0.15, 0.2) is 47.5 Å². The Kier molecular flexibility index (Phi) is 12.5. The van der Waals surface area contributed by atoms with Crippen molar-refractivity contribution in [2.24, 2.45) is 4.99 Å². The molecule has 0 aliphatic carbocycles. The lowest BCUT2D eigenvalue weighted by molar-refractivity contribution is 0.0168. The molecule has 7 nitrogen and oxygen atoms in total. The van der Waals surface area contributed by atoms with Gasteiger partial charge in [-0.2, -0.15) is 0 Å². The van der Waals surface area contributed by atoms with Crippen LogP contribution in [0.1, 0.15) is 44.5 Å². The Hall–Kier alpha value is -1.91. The van der Waals surface area contributed by atoms with Gasteiger partial charge in [-0.25, -0.2) is 4.99 Å². The number of nitrogens with zero attached hydrogens (tertiary/aromatic N) is 2. The van der Waals surface area contributed by atoms with E-state index in [1.165, 1.54) is 0 Å². The summed E-state index contributed by atoms with van der Waals surface area (Å²) in [5.74, 6) is 1.56. The van der Waals surface area contributed by atoms with Crippen LogP contribution in [-0.2, 0) is 16.0 Å². The highest BCUT2D eigenvalue weighted by Crippen LogP contribution is 2.17. The fourth-order valence-corrected chi connectivity index (χ4v) is 3.38. The lowest BCUT2D eigenvalue weighted by Crippen LogP contribution is -2.32. The zero-order chi connectivity index (χ0) is 22.6. The van der Waals surface area contributed by atoms with Gasteiger partial charge >= 0.3 is 0 Å². The molecule has 1 aliphatic rings. The highest BCUT2D eigenvalue weighted by Gasteiger charge is 2.14. The molecule has 0 saturated carbocycles. The lowest BCUT2D eigenvalue weighted by atomic mass is 10.2. The van der Waals surface area contributed by atoms with E-state index < -0.39 is 0 Å². The monoisotopic (exact) mass is 568 g/mol. The molecule has 1 atom stereocenters. The minimum Gasteiger partial charge on any atom is -0.491 e. The molecule has 0 radical (unpaired) electrons. The second-order valence-corrected chi connectivity index (χ2v) is 8.24. The third-order valence-electron chi connectivity index (χ3n) is 4.92. The number of benzene rings is 1. The van der Waals surface area contributed by atoms with Gasteiger partial charge in [-0.1, -0.05) is 6.07 Å². The molecule has 1 aromatic heterocycles. The number of nitrogens with one attached hydrogen (secondary N) is 2. The van der Waals surface area contributed by atoms with Crippen molar-refractivity contribution < 1.29 is 14.2 Å². The number of aromatic nitrogens is 1. The Bertz CT molecular complexity index is 840. The number of pyridine rings is 1. The summed E-state index contributed by atoms with van der Waals surface area (Å²) in [6.45, 7) is 9.52. The number of aryl methyl sites for hydroxylation is 1. The summed E-state index contributed by atoms with van der Waals surface area (Å²) >= 11 is 0. The standard InChI is InChI=1S/C25H36N4O3.HI/c1-19(2)32-23-12-10-21(11-13-23)29-25(27-17-22-8-4-7-20(3)28-22)26-14-6-15-30-18-24-9-5-16-31-24;/h4,7-8,10-13,19,24H,5-6,9,14-18H2,1-3H3,(H2,26,27,29);1H. The fraction of sp³-hybridized carbons (Fsp3) is 0.520. The summed E-state index contributed by atoms with van der Waals surface area (Å²) in [7, 11) is 0. The molecule has 2 N–H and O–H groups in total. The maximum absolute atomic E-state index is 5.76. The summed E-state index contributed by atoms with van der Waals surface area (Å²) in [5, 5.41) is 6.77. The van der Waals surface area contributed by atoms with E-state index in [9.17, 15) is 0 Å². The molecule has 0 amide bonds. The third kappa shape index (κ3) is 10.7. The van der Waals surface area contributed by atoms with Crippen LogP contribution in [0.3, 0.4) is 0 Å². The number of aliphatic imine (C=N–C) groups is 1. The van der Waals surface area contributed by atoms with Gasteiger partial charge in [0.2, 0.25) is 0 Å². The Morgan fingerprint density at radius 3 is 2.73 bits per heavy atom. The Balaban J connectivity index is 0.00000385. The second kappa shape index (κ2) is 15.1. The molecule has 8 heteroatoms. The number of hydrogen-bond donors (Lipinski definition) is 2. The van der Waals surface area contributed by atoms with E-state index in [1.54, 1.807) is 0 Å². The molecule has 3 rings (SSSR count). The minimum atomic E-state index is 0. The molecule has 2 aromatic rings. The summed E-state index contributed by atoms with van der Waals surface area (Å²) in [5.41, 5.74) is 2.87. The normalized spacial score (nSPS) is 15.9. The van der Waals surface area contributed by atoms with Crippen molar-refractivity contribution in [3.63, 3.8) is 0 Å². The second-order valence-electron chi connectivity index (χ2n) is 8.24. The SMILES string of the molecule is Cc1cccc(CN=C(NCCCOCC2CCCO2)Nc2ccc(OC(C)C)cc2)n1.I. The predicted molar refractivity (Wildman–Crippen MR) is 144 cm³/mol. The van der Waals surface area contributed by atoms with E-state index in [2.05, 4.69) is 15.6 Å². The fourth-order valence-electron chi connectivity index (χ4n) is 3.38. The Morgan fingerprint density at radius 1 is 1.21 bits per heavy atom. The van der Waals surface area contributed by atoms with Gasteiger partial charge < -0.3 is 24.8 Å². The molecule has 1 fully saturated rings. The average Bonchev–Trinajstić information content (AvgIpc) is 3.29. The first kappa shape index (κ1) is 27.3. The highest BCUT2D eigenvalue weighted by atomic mass is 127. The topological polar surface area (TPSA) is 77.0 Å². The number of hydrogen-bond acceptors (Lipinski definition) is 5. The molecule has 182 valence electrons. The molecular weight excluding hydrogens is 531 g/mol. The van der Waals surface area contributed by atoms with E-state index in [1.807, 2.05) is 63.2 Å². The van der Waals surface area contributed by atoms with Crippen LogP contribution in [0, 0.1) is 6.92 Å². The van der Waals surface area contributed by atoms with Crippen molar-refractivity contribution in [3.8, 4) is 5.75 Å². The van der Waals surface area contributed by atoms with Crippen molar-refractivity contribution in [2.75, 3.05) is 31.7 Å². The first-order valence-electron chi connectivity index (χ1n) is 11.5. The lowest BCUT2D eigenvalue weighted by Gasteiger charge is -2.15. The molecule has 0 spiro atoms. The zero-order valence-electron chi connectivity index (χ0n) is 19.9. The zero-order valence-corrected chi connectivity index (χ0v) is 22.2. The summed E-state index contributed by atoms with van der Waals surface area (Å²) in [6.07, 6.45) is 3.55. The van der Waals surface area contributed by atoms with E-state index in [-0.39, 0.29) is 36.2 Å². The van der Waals surface area contributed by atoms with Crippen molar-refractivity contribution >= 4 is 35.6 Å². The van der Waals surface area contributed by atoms with Gasteiger partial charge in [0.05, 0.1) is 31.1 Å². The van der Waals surface area contributed by atoms with Gasteiger partial charge in [-0.15, -0.1) is 24.0 Å². The number of ether oxygens (including phenoxy) is 3. The Labute approximate surface area is 214 Å². The van der Waals surface area contributed by atoms with Crippen LogP contribution >= 0.6 is 24.0 Å². The van der Waals surface area contributed by atoms with Crippen LogP contribution in [0.4, 0.5) is 5.69 Å². The van der Waals surface area contributed by atoms with Gasteiger partial charge in [-0.3, -0.25) is 4.98 Å². The third-order valence-corrected chi connectivity index (χ3v) is 4.92. The van der Waals surface area contributed by atoms with Crippen molar-refractivity contribution in [2.45, 2.75) is 58.8 Å². The molecular formula is C25H37IN4O3. The first-order chi connectivity index (χ1) is 15.6. The summed E-state index contributed by atoms with van der Waals surface area (Å²) in [4.78, 5) is 9.26. The van der Waals surface area contributed by atoms with E-state index in [4.69, 9.17) is 19.2 Å². The summed E-state index contributed by atoms with van der Waals surface area (Å²) in [6, 6.07) is 13.9. The van der Waals surface area contributed by atoms with E-state index in [0.29, 0.717) is 25.7 Å². The van der Waals surface area contributed by atoms with Crippen molar-refractivity contribution in [1.82, 2.24) is 10.3 Å². The predicted octanol–water partition coefficient (Wildman–Crippen LogP) is 4.94. The number of guanidine groups is 1. The van der Waals surface area contributed by atoms with E-state index >= 15 is 0 Å². The van der Waals surface area contributed by atoms with Crippen LogP contribution in [0.2, 0.25) is 0 Å². The van der Waals surface area contributed by atoms with E-state index in [0.717, 1.165) is 55.2 Å². The molecule has 1 saturated heterocycles. The average molecular weight is 569 g/mol. The molecule has 1 aliphatic heterocycles. The smallest absolute Gasteiger partial charge is 0.196 e. The highest BCUT2D eigenvalue weighted by molar-refractivity contribution is 14.0. The van der Waals surface area contributed by atoms with Crippen molar-refractivity contribution in [1.29, 1.82) is 0 Å². The maximum Gasteiger partial charge on any atom is 0.196 e. The largest absolute Gasteiger partial charge is 0.491 e. The number of halogens is 1. The van der Waals surface area contributed by atoms with Crippen molar-refractivity contribution in [3.05, 3.63) is 53.9 Å².